The largest absolute Gasteiger partial charge is 0.491 e. The van der Waals surface area contributed by atoms with Crippen LogP contribution in [-0.2, 0) is 15.3 Å². The lowest BCUT2D eigenvalue weighted by molar-refractivity contribution is -0.181. The van der Waals surface area contributed by atoms with E-state index in [4.69, 9.17) is 25.8 Å². The Morgan fingerprint density at radius 1 is 0.956 bits per heavy atom. The van der Waals surface area contributed by atoms with Crippen molar-refractivity contribution in [1.82, 2.24) is 14.3 Å². The third-order valence-electron chi connectivity index (χ3n) is 8.97. The van der Waals surface area contributed by atoms with Gasteiger partial charge in [0, 0.05) is 54.6 Å². The van der Waals surface area contributed by atoms with Crippen LogP contribution in [-0.4, -0.2) is 59.8 Å². The smallest absolute Gasteiger partial charge is 0.350 e. The average Bonchev–Trinajstić information content (AvgIpc) is 3.68. The third-order valence-corrected chi connectivity index (χ3v) is 9.28. The SMILES string of the molecule is CCC(C)n1ncn(-c2ccc(N3CCN(c4ccc(OCC5CO[C@](CC)(c6ccc(C)cc6Cl)O5)cc4)CC3)cc2)c1=O. The van der Waals surface area contributed by atoms with Crippen molar-refractivity contribution in [3.8, 4) is 11.4 Å². The molecule has 0 saturated carbocycles. The molecule has 0 radical (unpaired) electrons. The minimum atomic E-state index is -0.844. The second kappa shape index (κ2) is 13.3. The summed E-state index contributed by atoms with van der Waals surface area (Å²) < 4.78 is 21.8. The molecule has 9 nitrogen and oxygen atoms in total. The molecule has 3 heterocycles. The van der Waals surface area contributed by atoms with Crippen LogP contribution in [0.2, 0.25) is 5.02 Å². The highest BCUT2D eigenvalue weighted by atomic mass is 35.5. The Labute approximate surface area is 269 Å². The molecule has 0 amide bonds. The Hall–Kier alpha value is -3.79. The summed E-state index contributed by atoms with van der Waals surface area (Å²) in [6.07, 6.45) is 2.94. The standard InChI is InChI=1S/C35H42ClN5O4/c1-5-26(4)41-34(42)40(24-37-41)29-10-8-27(9-11-29)38-17-19-39(20-18-38)28-12-14-30(15-13-28)43-22-31-23-44-35(6-2,45-31)32-16-7-25(3)21-33(32)36/h7-16,21,24,26,31H,5-6,17-20,22-23H2,1-4H3/t26?,31?,35-/m0/s1. The van der Waals surface area contributed by atoms with Gasteiger partial charge in [-0.3, -0.25) is 0 Å². The number of ether oxygens (including phenoxy) is 3. The van der Waals surface area contributed by atoms with E-state index < -0.39 is 5.79 Å². The van der Waals surface area contributed by atoms with E-state index in [-0.39, 0.29) is 17.8 Å². The average molecular weight is 632 g/mol. The molecule has 6 rings (SSSR count). The van der Waals surface area contributed by atoms with Crippen LogP contribution in [0.5, 0.6) is 5.75 Å². The van der Waals surface area contributed by atoms with Gasteiger partial charge in [0.2, 0.25) is 0 Å². The first-order valence-electron chi connectivity index (χ1n) is 15.9. The highest BCUT2D eigenvalue weighted by molar-refractivity contribution is 6.31. The molecule has 0 spiro atoms. The quantitative estimate of drug-likeness (QED) is 0.202. The summed E-state index contributed by atoms with van der Waals surface area (Å²) >= 11 is 6.55. The molecule has 2 aliphatic heterocycles. The molecule has 45 heavy (non-hydrogen) atoms. The molecule has 2 aliphatic rings. The zero-order valence-electron chi connectivity index (χ0n) is 26.5. The van der Waals surface area contributed by atoms with E-state index in [9.17, 15) is 4.79 Å². The minimum absolute atomic E-state index is 0.0754. The lowest BCUT2D eigenvalue weighted by atomic mass is 10.0. The fourth-order valence-corrected chi connectivity index (χ4v) is 6.43. The number of anilines is 2. The van der Waals surface area contributed by atoms with Crippen molar-refractivity contribution < 1.29 is 14.2 Å². The molecular formula is C35H42ClN5O4. The number of aryl methyl sites for hydroxylation is 1. The third kappa shape index (κ3) is 6.48. The summed E-state index contributed by atoms with van der Waals surface area (Å²) in [5.41, 5.74) is 5.01. The zero-order chi connectivity index (χ0) is 31.6. The van der Waals surface area contributed by atoms with Crippen LogP contribution >= 0.6 is 11.6 Å². The predicted octanol–water partition coefficient (Wildman–Crippen LogP) is 6.35. The predicted molar refractivity (Wildman–Crippen MR) is 178 cm³/mol. The summed E-state index contributed by atoms with van der Waals surface area (Å²) in [5, 5.41) is 4.96. The van der Waals surface area contributed by atoms with Crippen LogP contribution < -0.4 is 20.2 Å². The van der Waals surface area contributed by atoms with E-state index in [0.717, 1.165) is 60.9 Å². The van der Waals surface area contributed by atoms with Crippen LogP contribution in [0.4, 0.5) is 11.4 Å². The first kappa shape index (κ1) is 31.2. The fraction of sp³-hybridized carbons (Fsp3) is 0.429. The molecule has 0 aliphatic carbocycles. The van der Waals surface area contributed by atoms with Crippen molar-refractivity contribution in [2.75, 3.05) is 49.2 Å². The van der Waals surface area contributed by atoms with E-state index in [0.29, 0.717) is 24.7 Å². The van der Waals surface area contributed by atoms with Gasteiger partial charge in [0.05, 0.1) is 18.3 Å². The van der Waals surface area contributed by atoms with E-state index in [1.165, 1.54) is 5.69 Å². The van der Waals surface area contributed by atoms with Crippen molar-refractivity contribution in [2.24, 2.45) is 0 Å². The van der Waals surface area contributed by atoms with Crippen LogP contribution in [0.3, 0.4) is 0 Å². The van der Waals surface area contributed by atoms with Gasteiger partial charge in [0.25, 0.3) is 0 Å². The van der Waals surface area contributed by atoms with Gasteiger partial charge >= 0.3 is 5.69 Å². The van der Waals surface area contributed by atoms with Gasteiger partial charge in [-0.1, -0.05) is 37.6 Å². The van der Waals surface area contributed by atoms with Crippen molar-refractivity contribution in [3.63, 3.8) is 0 Å². The van der Waals surface area contributed by atoms with Gasteiger partial charge in [0.15, 0.2) is 5.79 Å². The van der Waals surface area contributed by atoms with Crippen molar-refractivity contribution >= 4 is 23.0 Å². The molecule has 238 valence electrons. The number of halogens is 1. The van der Waals surface area contributed by atoms with E-state index in [2.05, 4.69) is 46.1 Å². The molecule has 3 aromatic carbocycles. The Bertz CT molecular complexity index is 1650. The van der Waals surface area contributed by atoms with Gasteiger partial charge < -0.3 is 24.0 Å². The number of aromatic nitrogens is 3. The van der Waals surface area contributed by atoms with Crippen LogP contribution in [0.15, 0.2) is 77.9 Å². The summed E-state index contributed by atoms with van der Waals surface area (Å²) in [6, 6.07) is 22.5. The van der Waals surface area contributed by atoms with E-state index >= 15 is 0 Å². The van der Waals surface area contributed by atoms with Gasteiger partial charge in [-0.2, -0.15) is 5.10 Å². The number of hydrogen-bond donors (Lipinski definition) is 0. The van der Waals surface area contributed by atoms with Crippen molar-refractivity contribution in [1.29, 1.82) is 0 Å². The van der Waals surface area contributed by atoms with Crippen molar-refractivity contribution in [3.05, 3.63) is 99.7 Å². The maximum atomic E-state index is 12.8. The highest BCUT2D eigenvalue weighted by Crippen LogP contribution is 2.41. The lowest BCUT2D eigenvalue weighted by Gasteiger charge is -2.37. The number of benzene rings is 3. The van der Waals surface area contributed by atoms with Crippen molar-refractivity contribution in [2.45, 2.75) is 58.5 Å². The Morgan fingerprint density at radius 3 is 2.18 bits per heavy atom. The molecule has 2 fully saturated rings. The Balaban J connectivity index is 0.998. The lowest BCUT2D eigenvalue weighted by Crippen LogP contribution is -2.46. The summed E-state index contributed by atoms with van der Waals surface area (Å²) in [6.45, 7) is 12.6. The van der Waals surface area contributed by atoms with E-state index in [1.807, 2.05) is 63.2 Å². The monoisotopic (exact) mass is 631 g/mol. The number of hydrogen-bond acceptors (Lipinski definition) is 7. The molecule has 2 saturated heterocycles. The van der Waals surface area contributed by atoms with Gasteiger partial charge in [0.1, 0.15) is 24.8 Å². The zero-order valence-corrected chi connectivity index (χ0v) is 27.2. The van der Waals surface area contributed by atoms with Gasteiger partial charge in [-0.25, -0.2) is 14.0 Å². The summed E-state index contributed by atoms with van der Waals surface area (Å²) in [5.74, 6) is -0.0406. The Kier molecular flexibility index (Phi) is 9.21. The molecule has 10 heteroatoms. The minimum Gasteiger partial charge on any atom is -0.491 e. The number of piperazine rings is 1. The summed E-state index contributed by atoms with van der Waals surface area (Å²) in [7, 11) is 0. The van der Waals surface area contributed by atoms with Gasteiger partial charge in [-0.05, 0) is 80.4 Å². The first-order chi connectivity index (χ1) is 21.8. The highest BCUT2D eigenvalue weighted by Gasteiger charge is 2.43. The normalized spacial score (nSPS) is 20.9. The van der Waals surface area contributed by atoms with Gasteiger partial charge in [-0.15, -0.1) is 0 Å². The number of nitrogens with zero attached hydrogens (tertiary/aromatic N) is 5. The van der Waals surface area contributed by atoms with E-state index in [1.54, 1.807) is 15.6 Å². The summed E-state index contributed by atoms with van der Waals surface area (Å²) in [4.78, 5) is 17.5. The molecule has 1 aromatic heterocycles. The second-order valence-electron chi connectivity index (χ2n) is 11.9. The molecule has 0 bridgehead atoms. The molecule has 4 aromatic rings. The maximum Gasteiger partial charge on any atom is 0.350 e. The molecule has 3 atom stereocenters. The maximum absolute atomic E-state index is 12.8. The van der Waals surface area contributed by atoms with Crippen LogP contribution in [0.25, 0.3) is 5.69 Å². The molecule has 2 unspecified atom stereocenters. The topological polar surface area (TPSA) is 74.0 Å². The Morgan fingerprint density at radius 2 is 1.58 bits per heavy atom. The molecular weight excluding hydrogens is 590 g/mol. The molecule has 0 N–H and O–H groups in total. The fourth-order valence-electron chi connectivity index (χ4n) is 6.05. The van der Waals surface area contributed by atoms with Crippen LogP contribution in [0, 0.1) is 6.92 Å². The number of rotatable bonds is 10. The first-order valence-corrected chi connectivity index (χ1v) is 16.3. The second-order valence-corrected chi connectivity index (χ2v) is 12.3. The van der Waals surface area contributed by atoms with Crippen LogP contribution in [0.1, 0.15) is 50.8 Å².